The van der Waals surface area contributed by atoms with E-state index in [0.29, 0.717) is 5.56 Å². The molecule has 0 aliphatic heterocycles. The second kappa shape index (κ2) is 3.15. The number of halogens is 1. The average Bonchev–Trinajstić information content (AvgIpc) is 2.18. The molecular formula is C11H10FN. The van der Waals surface area contributed by atoms with E-state index >= 15 is 0 Å². The molecule has 66 valence electrons. The molecule has 0 atom stereocenters. The summed E-state index contributed by atoms with van der Waals surface area (Å²) in [5.41, 5.74) is 6.07. The molecule has 0 heterocycles. The average molecular weight is 175 g/mol. The van der Waals surface area contributed by atoms with Gasteiger partial charge in [-0.1, -0.05) is 30.3 Å². The van der Waals surface area contributed by atoms with Gasteiger partial charge >= 0.3 is 0 Å². The van der Waals surface area contributed by atoms with E-state index in [9.17, 15) is 4.39 Å². The molecule has 0 bridgehead atoms. The zero-order chi connectivity index (χ0) is 9.26. The van der Waals surface area contributed by atoms with Crippen LogP contribution in [0.15, 0.2) is 36.4 Å². The molecule has 0 aliphatic carbocycles. The molecule has 0 saturated heterocycles. The van der Waals surface area contributed by atoms with E-state index in [1.165, 1.54) is 6.07 Å². The van der Waals surface area contributed by atoms with Gasteiger partial charge in [0.15, 0.2) is 0 Å². The van der Waals surface area contributed by atoms with Gasteiger partial charge in [-0.3, -0.25) is 0 Å². The smallest absolute Gasteiger partial charge is 0.128 e. The maximum Gasteiger partial charge on any atom is 0.128 e. The Morgan fingerprint density at radius 2 is 1.85 bits per heavy atom. The van der Waals surface area contributed by atoms with Crippen LogP contribution in [0.2, 0.25) is 0 Å². The summed E-state index contributed by atoms with van der Waals surface area (Å²) in [6.07, 6.45) is 0. The van der Waals surface area contributed by atoms with Gasteiger partial charge in [0.05, 0.1) is 0 Å². The van der Waals surface area contributed by atoms with Crippen molar-refractivity contribution in [3.63, 3.8) is 0 Å². The first kappa shape index (κ1) is 8.20. The predicted octanol–water partition coefficient (Wildman–Crippen LogP) is 2.44. The van der Waals surface area contributed by atoms with Gasteiger partial charge in [0.1, 0.15) is 5.82 Å². The molecule has 0 aliphatic rings. The van der Waals surface area contributed by atoms with Crippen LogP contribution in [0.4, 0.5) is 4.39 Å². The first-order chi connectivity index (χ1) is 6.33. The Bertz CT molecular complexity index is 437. The molecule has 0 radical (unpaired) electrons. The van der Waals surface area contributed by atoms with E-state index in [1.807, 2.05) is 24.3 Å². The Labute approximate surface area is 76.0 Å². The summed E-state index contributed by atoms with van der Waals surface area (Å²) in [5, 5.41) is 1.94. The second-order valence-corrected chi connectivity index (χ2v) is 2.95. The minimum atomic E-state index is -0.221. The molecule has 1 nitrogen and oxygen atoms in total. The van der Waals surface area contributed by atoms with Crippen LogP contribution in [0.5, 0.6) is 0 Å². The summed E-state index contributed by atoms with van der Waals surface area (Å²) in [6.45, 7) is 0.243. The lowest BCUT2D eigenvalue weighted by Crippen LogP contribution is -2.00. The minimum absolute atomic E-state index is 0.221. The maximum atomic E-state index is 13.2. The van der Waals surface area contributed by atoms with E-state index in [4.69, 9.17) is 5.73 Å². The lowest BCUT2D eigenvalue weighted by molar-refractivity contribution is 0.613. The van der Waals surface area contributed by atoms with Gasteiger partial charge in [0.2, 0.25) is 0 Å². The minimum Gasteiger partial charge on any atom is -0.326 e. The highest BCUT2D eigenvalue weighted by Gasteiger charge is 2.04. The Balaban J connectivity index is 2.84. The van der Waals surface area contributed by atoms with Gasteiger partial charge in [-0.25, -0.2) is 4.39 Å². The highest BCUT2D eigenvalue weighted by Crippen LogP contribution is 2.20. The quantitative estimate of drug-likeness (QED) is 0.707. The van der Waals surface area contributed by atoms with Gasteiger partial charge in [0, 0.05) is 12.1 Å². The molecule has 2 N–H and O–H groups in total. The van der Waals surface area contributed by atoms with Crippen molar-refractivity contribution in [2.45, 2.75) is 6.54 Å². The second-order valence-electron chi connectivity index (χ2n) is 2.95. The summed E-state index contributed by atoms with van der Waals surface area (Å²) < 4.78 is 13.2. The molecule has 0 saturated carbocycles. The summed E-state index contributed by atoms with van der Waals surface area (Å²) in [6, 6.07) is 10.9. The molecule has 2 aromatic carbocycles. The van der Waals surface area contributed by atoms with E-state index in [2.05, 4.69) is 0 Å². The van der Waals surface area contributed by atoms with Crippen LogP contribution in [0.1, 0.15) is 5.56 Å². The van der Waals surface area contributed by atoms with E-state index in [1.54, 1.807) is 6.07 Å². The van der Waals surface area contributed by atoms with Crippen molar-refractivity contribution in [2.75, 3.05) is 0 Å². The molecule has 13 heavy (non-hydrogen) atoms. The number of hydrogen-bond donors (Lipinski definition) is 1. The van der Waals surface area contributed by atoms with Crippen LogP contribution >= 0.6 is 0 Å². The maximum absolute atomic E-state index is 13.2. The zero-order valence-electron chi connectivity index (χ0n) is 7.13. The van der Waals surface area contributed by atoms with Crippen molar-refractivity contribution in [2.24, 2.45) is 5.73 Å². The third kappa shape index (κ3) is 1.29. The Hall–Kier alpha value is -1.41. The largest absolute Gasteiger partial charge is 0.326 e. The van der Waals surface area contributed by atoms with E-state index in [0.717, 1.165) is 10.8 Å². The molecule has 0 spiro atoms. The van der Waals surface area contributed by atoms with Crippen molar-refractivity contribution in [1.82, 2.24) is 0 Å². The monoisotopic (exact) mass is 175 g/mol. The zero-order valence-corrected chi connectivity index (χ0v) is 7.13. The highest BCUT2D eigenvalue weighted by molar-refractivity contribution is 5.85. The molecule has 2 aromatic rings. The van der Waals surface area contributed by atoms with E-state index in [-0.39, 0.29) is 12.4 Å². The first-order valence-electron chi connectivity index (χ1n) is 4.19. The third-order valence-electron chi connectivity index (χ3n) is 2.19. The van der Waals surface area contributed by atoms with Gasteiger partial charge in [-0.2, -0.15) is 0 Å². The van der Waals surface area contributed by atoms with Crippen molar-refractivity contribution >= 4 is 10.8 Å². The molecule has 2 rings (SSSR count). The SMILES string of the molecule is NCc1c(F)ccc2ccccc12. The normalized spacial score (nSPS) is 10.6. The van der Waals surface area contributed by atoms with Crippen LogP contribution in [-0.2, 0) is 6.54 Å². The fraction of sp³-hybridized carbons (Fsp3) is 0.0909. The number of fused-ring (bicyclic) bond motifs is 1. The summed E-state index contributed by atoms with van der Waals surface area (Å²) in [4.78, 5) is 0. The fourth-order valence-corrected chi connectivity index (χ4v) is 1.52. The molecule has 0 amide bonds. The Kier molecular flexibility index (Phi) is 1.99. The highest BCUT2D eigenvalue weighted by atomic mass is 19.1. The molecule has 0 fully saturated rings. The summed E-state index contributed by atoms with van der Waals surface area (Å²) >= 11 is 0. The van der Waals surface area contributed by atoms with Crippen LogP contribution in [-0.4, -0.2) is 0 Å². The number of hydrogen-bond acceptors (Lipinski definition) is 1. The van der Waals surface area contributed by atoms with Crippen molar-refractivity contribution in [1.29, 1.82) is 0 Å². The van der Waals surface area contributed by atoms with Crippen LogP contribution in [0, 0.1) is 5.82 Å². The van der Waals surface area contributed by atoms with Gasteiger partial charge < -0.3 is 5.73 Å². The summed E-state index contributed by atoms with van der Waals surface area (Å²) in [5.74, 6) is -0.221. The first-order valence-corrected chi connectivity index (χ1v) is 4.19. The van der Waals surface area contributed by atoms with Crippen molar-refractivity contribution in [3.05, 3.63) is 47.8 Å². The molecule has 2 heteroatoms. The predicted molar refractivity (Wildman–Crippen MR) is 51.8 cm³/mol. The van der Waals surface area contributed by atoms with Gasteiger partial charge in [-0.15, -0.1) is 0 Å². The topological polar surface area (TPSA) is 26.0 Å². The van der Waals surface area contributed by atoms with Crippen LogP contribution in [0.3, 0.4) is 0 Å². The molecular weight excluding hydrogens is 165 g/mol. The van der Waals surface area contributed by atoms with Crippen molar-refractivity contribution < 1.29 is 4.39 Å². The fourth-order valence-electron chi connectivity index (χ4n) is 1.52. The number of nitrogens with two attached hydrogens (primary N) is 1. The Morgan fingerprint density at radius 3 is 2.62 bits per heavy atom. The van der Waals surface area contributed by atoms with Crippen LogP contribution in [0.25, 0.3) is 10.8 Å². The lowest BCUT2D eigenvalue weighted by Gasteiger charge is -2.04. The third-order valence-corrected chi connectivity index (χ3v) is 2.19. The molecule has 0 unspecified atom stereocenters. The number of benzene rings is 2. The Morgan fingerprint density at radius 1 is 1.08 bits per heavy atom. The lowest BCUT2D eigenvalue weighted by atomic mass is 10.0. The van der Waals surface area contributed by atoms with Gasteiger partial charge in [-0.05, 0) is 16.8 Å². The van der Waals surface area contributed by atoms with Crippen LogP contribution < -0.4 is 5.73 Å². The number of rotatable bonds is 1. The summed E-state index contributed by atoms with van der Waals surface area (Å²) in [7, 11) is 0. The van der Waals surface area contributed by atoms with E-state index < -0.39 is 0 Å². The standard InChI is InChI=1S/C11H10FN/c12-11-6-5-8-3-1-2-4-9(8)10(11)7-13/h1-6H,7,13H2. The molecule has 0 aromatic heterocycles. The van der Waals surface area contributed by atoms with Gasteiger partial charge in [0.25, 0.3) is 0 Å². The van der Waals surface area contributed by atoms with Crippen molar-refractivity contribution in [3.8, 4) is 0 Å².